The molecule has 0 spiro atoms. The highest BCUT2D eigenvalue weighted by Crippen LogP contribution is 2.31. The van der Waals surface area contributed by atoms with Crippen molar-refractivity contribution >= 4 is 17.9 Å². The number of benzene rings is 2. The van der Waals surface area contributed by atoms with Crippen molar-refractivity contribution in [1.82, 2.24) is 0 Å². The maximum Gasteiger partial charge on any atom is 0.306 e. The first-order chi connectivity index (χ1) is 9.53. The van der Waals surface area contributed by atoms with Gasteiger partial charge in [-0.25, -0.2) is 0 Å². The smallest absolute Gasteiger partial charge is 0.306 e. The lowest BCUT2D eigenvalue weighted by molar-refractivity contribution is -0.0466. The summed E-state index contributed by atoms with van der Waals surface area (Å²) in [7, 11) is 0. The van der Waals surface area contributed by atoms with Crippen LogP contribution < -0.4 is 4.74 Å². The summed E-state index contributed by atoms with van der Waals surface area (Å²) in [5.74, 6) is -3.00. The van der Waals surface area contributed by atoms with Gasteiger partial charge < -0.3 is 4.74 Å². The second kappa shape index (κ2) is 6.01. The minimum atomic E-state index is -3.12. The molecule has 0 bridgehead atoms. The normalized spacial score (nSPS) is 11.2. The standard InChI is InChI=1S/C15H11ClF2O2/c16-13-8-11(9-19)6-7-14(13)20-10-15(17,18)12-4-2-1-3-5-12/h1-9H,10H2. The van der Waals surface area contributed by atoms with E-state index in [1.807, 2.05) is 0 Å². The van der Waals surface area contributed by atoms with E-state index in [4.69, 9.17) is 16.3 Å². The van der Waals surface area contributed by atoms with E-state index in [0.29, 0.717) is 11.8 Å². The molecule has 0 aliphatic carbocycles. The molecule has 0 saturated carbocycles. The lowest BCUT2D eigenvalue weighted by atomic mass is 10.1. The Kier molecular flexibility index (Phi) is 4.35. The van der Waals surface area contributed by atoms with Gasteiger partial charge in [-0.2, -0.15) is 8.78 Å². The molecule has 2 rings (SSSR count). The molecule has 2 aromatic rings. The van der Waals surface area contributed by atoms with Crippen LogP contribution in [0.2, 0.25) is 5.02 Å². The molecule has 0 unspecified atom stereocenters. The summed E-state index contributed by atoms with van der Waals surface area (Å²) in [6.45, 7) is -0.822. The third kappa shape index (κ3) is 3.33. The first kappa shape index (κ1) is 14.5. The monoisotopic (exact) mass is 296 g/mol. The van der Waals surface area contributed by atoms with Crippen LogP contribution >= 0.6 is 11.6 Å². The number of aldehydes is 1. The van der Waals surface area contributed by atoms with Gasteiger partial charge in [-0.15, -0.1) is 0 Å². The SMILES string of the molecule is O=Cc1ccc(OCC(F)(F)c2ccccc2)c(Cl)c1. The molecule has 0 atom stereocenters. The van der Waals surface area contributed by atoms with Crippen LogP contribution in [0, 0.1) is 0 Å². The van der Waals surface area contributed by atoms with Gasteiger partial charge in [0.2, 0.25) is 0 Å². The van der Waals surface area contributed by atoms with Crippen molar-refractivity contribution < 1.29 is 18.3 Å². The van der Waals surface area contributed by atoms with Gasteiger partial charge in [-0.3, -0.25) is 4.79 Å². The maximum absolute atomic E-state index is 13.9. The number of hydrogen-bond acceptors (Lipinski definition) is 2. The summed E-state index contributed by atoms with van der Waals surface area (Å²) < 4.78 is 32.8. The Hall–Kier alpha value is -1.94. The van der Waals surface area contributed by atoms with E-state index in [1.165, 1.54) is 42.5 Å². The van der Waals surface area contributed by atoms with Crippen LogP contribution in [0.15, 0.2) is 48.5 Å². The Morgan fingerprint density at radius 3 is 2.45 bits per heavy atom. The molecule has 0 N–H and O–H groups in total. The van der Waals surface area contributed by atoms with Crippen LogP contribution in [0.4, 0.5) is 8.78 Å². The molecule has 0 saturated heterocycles. The number of carbonyl (C=O) groups excluding carboxylic acids is 1. The molecule has 0 aliphatic rings. The van der Waals surface area contributed by atoms with E-state index in [1.54, 1.807) is 6.07 Å². The molecule has 20 heavy (non-hydrogen) atoms. The van der Waals surface area contributed by atoms with E-state index >= 15 is 0 Å². The Labute approximate surface area is 119 Å². The molecule has 5 heteroatoms. The van der Waals surface area contributed by atoms with Gasteiger partial charge in [0.05, 0.1) is 5.02 Å². The summed E-state index contributed by atoms with van der Waals surface area (Å²) in [5, 5.41) is 0.124. The first-order valence-electron chi connectivity index (χ1n) is 5.84. The molecular formula is C15H11ClF2O2. The zero-order valence-corrected chi connectivity index (χ0v) is 11.1. The zero-order valence-electron chi connectivity index (χ0n) is 10.4. The fraction of sp³-hybridized carbons (Fsp3) is 0.133. The highest BCUT2D eigenvalue weighted by molar-refractivity contribution is 6.32. The van der Waals surface area contributed by atoms with Crippen LogP contribution in [-0.4, -0.2) is 12.9 Å². The van der Waals surface area contributed by atoms with Crippen molar-refractivity contribution in [2.24, 2.45) is 0 Å². The number of rotatable bonds is 5. The number of hydrogen-bond donors (Lipinski definition) is 0. The van der Waals surface area contributed by atoms with Crippen molar-refractivity contribution in [1.29, 1.82) is 0 Å². The molecule has 2 aromatic carbocycles. The number of alkyl halides is 2. The zero-order chi connectivity index (χ0) is 14.6. The highest BCUT2D eigenvalue weighted by atomic mass is 35.5. The van der Waals surface area contributed by atoms with E-state index in [2.05, 4.69) is 0 Å². The highest BCUT2D eigenvalue weighted by Gasteiger charge is 2.32. The minimum absolute atomic E-state index is 0.118. The lowest BCUT2D eigenvalue weighted by Gasteiger charge is -2.18. The summed E-state index contributed by atoms with van der Waals surface area (Å²) >= 11 is 5.85. The van der Waals surface area contributed by atoms with Crippen LogP contribution in [0.1, 0.15) is 15.9 Å². The predicted octanol–water partition coefficient (Wildman–Crippen LogP) is 4.32. The van der Waals surface area contributed by atoms with Gasteiger partial charge in [-0.1, -0.05) is 41.9 Å². The molecule has 0 aromatic heterocycles. The number of carbonyl (C=O) groups is 1. The van der Waals surface area contributed by atoms with Gasteiger partial charge in [0.1, 0.15) is 12.0 Å². The van der Waals surface area contributed by atoms with Gasteiger partial charge >= 0.3 is 5.92 Å². The molecular weight excluding hydrogens is 286 g/mol. The average molecular weight is 297 g/mol. The summed E-state index contributed by atoms with van der Waals surface area (Å²) in [6.07, 6.45) is 0.619. The van der Waals surface area contributed by atoms with Crippen LogP contribution in [-0.2, 0) is 5.92 Å². The molecule has 0 amide bonds. The van der Waals surface area contributed by atoms with E-state index in [0.717, 1.165) is 0 Å². The Morgan fingerprint density at radius 1 is 1.15 bits per heavy atom. The Balaban J connectivity index is 2.10. The van der Waals surface area contributed by atoms with Gasteiger partial charge in [0.25, 0.3) is 0 Å². The molecule has 104 valence electrons. The van der Waals surface area contributed by atoms with Gasteiger partial charge in [0.15, 0.2) is 6.61 Å². The van der Waals surface area contributed by atoms with Crippen molar-refractivity contribution in [3.8, 4) is 5.75 Å². The van der Waals surface area contributed by atoms with Crippen LogP contribution in [0.5, 0.6) is 5.75 Å². The van der Waals surface area contributed by atoms with E-state index in [-0.39, 0.29) is 16.3 Å². The van der Waals surface area contributed by atoms with Crippen LogP contribution in [0.3, 0.4) is 0 Å². The topological polar surface area (TPSA) is 26.3 Å². The van der Waals surface area contributed by atoms with Crippen molar-refractivity contribution in [3.63, 3.8) is 0 Å². The molecule has 0 heterocycles. The Bertz CT molecular complexity index is 600. The van der Waals surface area contributed by atoms with Gasteiger partial charge in [0, 0.05) is 11.1 Å². The average Bonchev–Trinajstić information content (AvgIpc) is 2.47. The summed E-state index contributed by atoms with van der Waals surface area (Å²) in [6, 6.07) is 11.6. The van der Waals surface area contributed by atoms with E-state index in [9.17, 15) is 13.6 Å². The third-order valence-electron chi connectivity index (χ3n) is 2.70. The summed E-state index contributed by atoms with van der Waals surface area (Å²) in [4.78, 5) is 10.6. The van der Waals surface area contributed by atoms with E-state index < -0.39 is 12.5 Å². The van der Waals surface area contributed by atoms with Gasteiger partial charge in [-0.05, 0) is 18.2 Å². The maximum atomic E-state index is 13.9. The largest absolute Gasteiger partial charge is 0.485 e. The first-order valence-corrected chi connectivity index (χ1v) is 6.21. The second-order valence-electron chi connectivity index (χ2n) is 4.17. The quantitative estimate of drug-likeness (QED) is 0.768. The molecule has 2 nitrogen and oxygen atoms in total. The fourth-order valence-electron chi connectivity index (χ4n) is 1.64. The predicted molar refractivity (Wildman–Crippen MR) is 72.7 cm³/mol. The van der Waals surface area contributed by atoms with Crippen molar-refractivity contribution in [2.75, 3.05) is 6.61 Å². The van der Waals surface area contributed by atoms with Crippen molar-refractivity contribution in [2.45, 2.75) is 5.92 Å². The summed E-state index contributed by atoms with van der Waals surface area (Å²) in [5.41, 5.74) is 0.234. The Morgan fingerprint density at radius 2 is 1.85 bits per heavy atom. The van der Waals surface area contributed by atoms with Crippen LogP contribution in [0.25, 0.3) is 0 Å². The second-order valence-corrected chi connectivity index (χ2v) is 4.57. The third-order valence-corrected chi connectivity index (χ3v) is 2.99. The fourth-order valence-corrected chi connectivity index (χ4v) is 1.88. The molecule has 0 radical (unpaired) electrons. The molecule has 0 fully saturated rings. The molecule has 0 aliphatic heterocycles. The number of ether oxygens (including phenoxy) is 1. The van der Waals surface area contributed by atoms with Crippen molar-refractivity contribution in [3.05, 3.63) is 64.7 Å². The lowest BCUT2D eigenvalue weighted by Crippen LogP contribution is -2.23. The number of halogens is 3. The minimum Gasteiger partial charge on any atom is -0.485 e.